The van der Waals surface area contributed by atoms with Crippen LogP contribution in [-0.2, 0) is 0 Å². The Kier molecular flexibility index (Phi) is 2.68. The lowest BCUT2D eigenvalue weighted by molar-refractivity contribution is 0.506. The summed E-state index contributed by atoms with van der Waals surface area (Å²) in [7, 11) is 0. The molecule has 0 heteroatoms. The second-order valence-electron chi connectivity index (χ2n) is 4.28. The molecule has 2 rings (SSSR count). The summed E-state index contributed by atoms with van der Waals surface area (Å²) in [6.45, 7) is 2.36. The molecule has 0 amide bonds. The average molecular weight is 174 g/mol. The van der Waals surface area contributed by atoms with Crippen LogP contribution in [0.2, 0.25) is 0 Å². The van der Waals surface area contributed by atoms with Crippen LogP contribution in [0.15, 0.2) is 35.5 Å². The monoisotopic (exact) mass is 174 g/mol. The number of allylic oxidation sites excluding steroid dienone is 6. The van der Waals surface area contributed by atoms with Gasteiger partial charge in [0.15, 0.2) is 0 Å². The van der Waals surface area contributed by atoms with E-state index in [4.69, 9.17) is 0 Å². The van der Waals surface area contributed by atoms with Crippen molar-refractivity contribution in [3.8, 4) is 0 Å². The van der Waals surface area contributed by atoms with Crippen molar-refractivity contribution >= 4 is 0 Å². The lowest BCUT2D eigenvalue weighted by Crippen LogP contribution is -2.05. The maximum absolute atomic E-state index is 2.36. The summed E-state index contributed by atoms with van der Waals surface area (Å²) in [5, 5.41) is 0. The molecule has 0 aliphatic heterocycles. The molecule has 0 fully saturated rings. The minimum Gasteiger partial charge on any atom is -0.0839 e. The van der Waals surface area contributed by atoms with Crippen LogP contribution in [0, 0.1) is 5.92 Å². The number of rotatable bonds is 0. The number of hydrogen-bond donors (Lipinski definition) is 0. The molecule has 0 heterocycles. The molecule has 0 aromatic rings. The van der Waals surface area contributed by atoms with Gasteiger partial charge >= 0.3 is 0 Å². The first-order valence-corrected chi connectivity index (χ1v) is 5.41. The summed E-state index contributed by atoms with van der Waals surface area (Å²) in [4.78, 5) is 0. The van der Waals surface area contributed by atoms with Gasteiger partial charge in [-0.1, -0.05) is 31.2 Å². The molecule has 0 aromatic carbocycles. The summed E-state index contributed by atoms with van der Waals surface area (Å²) < 4.78 is 0. The lowest BCUT2D eigenvalue weighted by Gasteiger charge is -2.22. The Morgan fingerprint density at radius 2 is 1.77 bits per heavy atom. The summed E-state index contributed by atoms with van der Waals surface area (Å²) in [6, 6.07) is 0. The Hall–Kier alpha value is -0.780. The second-order valence-corrected chi connectivity index (χ2v) is 4.28. The Bertz CT molecular complexity index is 266. The van der Waals surface area contributed by atoms with E-state index in [9.17, 15) is 0 Å². The predicted octanol–water partition coefficient (Wildman–Crippen LogP) is 4.01. The fraction of sp³-hybridized carbons (Fsp3) is 0.538. The zero-order valence-electron chi connectivity index (χ0n) is 8.42. The minimum absolute atomic E-state index is 0.885. The summed E-state index contributed by atoms with van der Waals surface area (Å²) >= 11 is 0. The molecular formula is C13H18. The third-order valence-corrected chi connectivity index (χ3v) is 3.03. The van der Waals surface area contributed by atoms with Gasteiger partial charge < -0.3 is 0 Å². The first-order valence-electron chi connectivity index (χ1n) is 5.41. The van der Waals surface area contributed by atoms with Gasteiger partial charge in [0.1, 0.15) is 0 Å². The van der Waals surface area contributed by atoms with Crippen LogP contribution in [0.4, 0.5) is 0 Å². The molecule has 0 radical (unpaired) electrons. The fourth-order valence-corrected chi connectivity index (χ4v) is 2.18. The highest BCUT2D eigenvalue weighted by Crippen LogP contribution is 2.31. The van der Waals surface area contributed by atoms with E-state index in [1.165, 1.54) is 32.1 Å². The van der Waals surface area contributed by atoms with Gasteiger partial charge in [0.25, 0.3) is 0 Å². The molecule has 0 N–H and O–H groups in total. The molecule has 0 saturated heterocycles. The van der Waals surface area contributed by atoms with Crippen molar-refractivity contribution in [2.24, 2.45) is 5.92 Å². The van der Waals surface area contributed by atoms with E-state index in [-0.39, 0.29) is 0 Å². The zero-order valence-corrected chi connectivity index (χ0v) is 8.42. The van der Waals surface area contributed by atoms with E-state index in [1.54, 1.807) is 11.1 Å². The van der Waals surface area contributed by atoms with E-state index in [2.05, 4.69) is 31.2 Å². The van der Waals surface area contributed by atoms with E-state index in [1.807, 2.05) is 0 Å². The molecule has 0 nitrogen and oxygen atoms in total. The highest BCUT2D eigenvalue weighted by molar-refractivity contribution is 5.36. The SMILES string of the molecule is CC1CCC2=C(/C=C\CC/C=C\2)C1. The van der Waals surface area contributed by atoms with Crippen LogP contribution in [0.1, 0.15) is 39.0 Å². The van der Waals surface area contributed by atoms with E-state index in [0.29, 0.717) is 0 Å². The third-order valence-electron chi connectivity index (χ3n) is 3.03. The smallest absolute Gasteiger partial charge is 0.0250 e. The van der Waals surface area contributed by atoms with Gasteiger partial charge in [-0.3, -0.25) is 0 Å². The molecule has 1 atom stereocenters. The van der Waals surface area contributed by atoms with Crippen LogP contribution in [0.5, 0.6) is 0 Å². The normalized spacial score (nSPS) is 33.2. The van der Waals surface area contributed by atoms with Crippen molar-refractivity contribution in [1.29, 1.82) is 0 Å². The maximum Gasteiger partial charge on any atom is -0.0250 e. The first kappa shape index (κ1) is 8.80. The minimum atomic E-state index is 0.885. The Morgan fingerprint density at radius 1 is 1.08 bits per heavy atom. The molecule has 0 spiro atoms. The van der Waals surface area contributed by atoms with Crippen LogP contribution in [0.3, 0.4) is 0 Å². The molecule has 13 heavy (non-hydrogen) atoms. The first-order chi connectivity index (χ1) is 6.36. The molecule has 2 aliphatic carbocycles. The fourth-order valence-electron chi connectivity index (χ4n) is 2.18. The number of hydrogen-bond acceptors (Lipinski definition) is 0. The molecule has 0 aromatic heterocycles. The van der Waals surface area contributed by atoms with Gasteiger partial charge in [-0.15, -0.1) is 0 Å². The molecule has 0 saturated carbocycles. The standard InChI is InChI=1S/C13H18/c1-11-8-9-12-6-4-2-3-5-7-13(12)10-11/h4-7,11H,2-3,8-10H2,1H3/b6-4-,7-5-. The lowest BCUT2D eigenvalue weighted by atomic mass is 9.84. The third kappa shape index (κ3) is 2.12. The van der Waals surface area contributed by atoms with Gasteiger partial charge in [0.05, 0.1) is 0 Å². The van der Waals surface area contributed by atoms with E-state index < -0.39 is 0 Å². The topological polar surface area (TPSA) is 0 Å². The van der Waals surface area contributed by atoms with Crippen molar-refractivity contribution in [1.82, 2.24) is 0 Å². The van der Waals surface area contributed by atoms with Gasteiger partial charge in [-0.25, -0.2) is 0 Å². The van der Waals surface area contributed by atoms with E-state index >= 15 is 0 Å². The Balaban J connectivity index is 2.25. The highest BCUT2D eigenvalue weighted by atomic mass is 14.2. The van der Waals surface area contributed by atoms with Gasteiger partial charge in [0.2, 0.25) is 0 Å². The van der Waals surface area contributed by atoms with Crippen molar-refractivity contribution in [2.75, 3.05) is 0 Å². The van der Waals surface area contributed by atoms with Crippen molar-refractivity contribution in [3.63, 3.8) is 0 Å². The van der Waals surface area contributed by atoms with Crippen molar-refractivity contribution in [3.05, 3.63) is 35.5 Å². The quantitative estimate of drug-likeness (QED) is 0.520. The zero-order chi connectivity index (χ0) is 9.10. The molecule has 2 aliphatic rings. The van der Waals surface area contributed by atoms with Crippen LogP contribution >= 0.6 is 0 Å². The largest absolute Gasteiger partial charge is 0.0839 e. The molecule has 0 bridgehead atoms. The van der Waals surface area contributed by atoms with Gasteiger partial charge in [-0.05, 0) is 49.2 Å². The van der Waals surface area contributed by atoms with Crippen LogP contribution in [0.25, 0.3) is 0 Å². The van der Waals surface area contributed by atoms with Crippen molar-refractivity contribution < 1.29 is 0 Å². The van der Waals surface area contributed by atoms with Gasteiger partial charge in [0, 0.05) is 0 Å². The average Bonchev–Trinajstić information content (AvgIpc) is 2.08. The predicted molar refractivity (Wildman–Crippen MR) is 57.6 cm³/mol. The summed E-state index contributed by atoms with van der Waals surface area (Å²) in [5.74, 6) is 0.885. The Morgan fingerprint density at radius 3 is 2.54 bits per heavy atom. The van der Waals surface area contributed by atoms with Crippen molar-refractivity contribution in [2.45, 2.75) is 39.0 Å². The molecule has 1 unspecified atom stereocenters. The second kappa shape index (κ2) is 3.95. The van der Waals surface area contributed by atoms with E-state index in [0.717, 1.165) is 5.92 Å². The van der Waals surface area contributed by atoms with Gasteiger partial charge in [-0.2, -0.15) is 0 Å². The highest BCUT2D eigenvalue weighted by Gasteiger charge is 2.14. The summed E-state index contributed by atoms with van der Waals surface area (Å²) in [6.07, 6.45) is 15.7. The Labute approximate surface area is 81.0 Å². The van der Waals surface area contributed by atoms with Crippen LogP contribution in [-0.4, -0.2) is 0 Å². The van der Waals surface area contributed by atoms with Crippen LogP contribution < -0.4 is 0 Å². The molecular weight excluding hydrogens is 156 g/mol. The maximum atomic E-state index is 2.36. The molecule has 70 valence electrons. The summed E-state index contributed by atoms with van der Waals surface area (Å²) in [5.41, 5.74) is 3.18.